The van der Waals surface area contributed by atoms with Crippen molar-refractivity contribution in [2.75, 3.05) is 5.73 Å². The van der Waals surface area contributed by atoms with Gasteiger partial charge < -0.3 is 10.5 Å². The van der Waals surface area contributed by atoms with E-state index in [1.807, 2.05) is 18.2 Å². The van der Waals surface area contributed by atoms with Gasteiger partial charge in [0.15, 0.2) is 0 Å². The summed E-state index contributed by atoms with van der Waals surface area (Å²) in [6, 6.07) is 9.05. The number of rotatable bonds is 3. The molecule has 1 heterocycles. The van der Waals surface area contributed by atoms with Crippen LogP contribution < -0.4 is 10.5 Å². The summed E-state index contributed by atoms with van der Waals surface area (Å²) in [5, 5.41) is 0.691. The first-order valence-electron chi connectivity index (χ1n) is 4.82. The van der Waals surface area contributed by atoms with Crippen molar-refractivity contribution in [3.63, 3.8) is 0 Å². The summed E-state index contributed by atoms with van der Waals surface area (Å²) in [4.78, 5) is 3.91. The van der Waals surface area contributed by atoms with E-state index >= 15 is 0 Å². The number of benzene rings is 1. The molecule has 0 unspecified atom stereocenters. The predicted molar refractivity (Wildman–Crippen MR) is 64.4 cm³/mol. The Morgan fingerprint density at radius 1 is 1.19 bits per heavy atom. The van der Waals surface area contributed by atoms with Crippen molar-refractivity contribution in [2.24, 2.45) is 0 Å². The quantitative estimate of drug-likeness (QED) is 0.888. The molecular formula is C12H11ClN2O. The number of anilines is 1. The maximum absolute atomic E-state index is 5.77. The van der Waals surface area contributed by atoms with Gasteiger partial charge in [0.25, 0.3) is 0 Å². The third kappa shape index (κ3) is 2.64. The second-order valence-corrected chi connectivity index (χ2v) is 3.75. The molecule has 0 atom stereocenters. The van der Waals surface area contributed by atoms with Gasteiger partial charge in [-0.2, -0.15) is 0 Å². The molecule has 0 saturated heterocycles. The molecule has 0 aliphatic rings. The van der Waals surface area contributed by atoms with Crippen LogP contribution in [0.25, 0.3) is 0 Å². The lowest BCUT2D eigenvalue weighted by Crippen LogP contribution is -2.00. The highest BCUT2D eigenvalue weighted by Gasteiger charge is 1.99. The molecule has 2 N–H and O–H groups in total. The van der Waals surface area contributed by atoms with Gasteiger partial charge in [-0.15, -0.1) is 0 Å². The molecule has 0 bridgehead atoms. The summed E-state index contributed by atoms with van der Waals surface area (Å²) < 4.78 is 5.56. The predicted octanol–water partition coefficient (Wildman–Crippen LogP) is 2.90. The zero-order valence-corrected chi connectivity index (χ0v) is 9.32. The van der Waals surface area contributed by atoms with Crippen molar-refractivity contribution < 1.29 is 4.74 Å². The van der Waals surface area contributed by atoms with Crippen molar-refractivity contribution in [1.82, 2.24) is 4.98 Å². The lowest BCUT2D eigenvalue weighted by Gasteiger charge is -2.07. The molecule has 1 aromatic heterocycles. The number of pyridine rings is 1. The second kappa shape index (κ2) is 4.86. The van der Waals surface area contributed by atoms with Gasteiger partial charge in [0.05, 0.1) is 11.9 Å². The van der Waals surface area contributed by atoms with Crippen LogP contribution in [0, 0.1) is 0 Å². The van der Waals surface area contributed by atoms with Crippen molar-refractivity contribution in [1.29, 1.82) is 0 Å². The van der Waals surface area contributed by atoms with Crippen LogP contribution in [-0.2, 0) is 6.61 Å². The number of halogens is 1. The topological polar surface area (TPSA) is 48.1 Å². The van der Waals surface area contributed by atoms with Crippen LogP contribution in [0.15, 0.2) is 42.7 Å². The molecule has 1 aromatic carbocycles. The van der Waals surface area contributed by atoms with Crippen LogP contribution >= 0.6 is 11.6 Å². The van der Waals surface area contributed by atoms with E-state index in [1.54, 1.807) is 24.5 Å². The SMILES string of the molecule is Nc1cnccc1COc1ccc(Cl)cc1. The molecule has 4 heteroatoms. The minimum Gasteiger partial charge on any atom is -0.489 e. The summed E-state index contributed by atoms with van der Waals surface area (Å²) in [7, 11) is 0. The molecule has 0 aliphatic carbocycles. The Morgan fingerprint density at radius 2 is 1.94 bits per heavy atom. The summed E-state index contributed by atoms with van der Waals surface area (Å²) in [6.45, 7) is 0.427. The minimum absolute atomic E-state index is 0.427. The van der Waals surface area contributed by atoms with Crippen molar-refractivity contribution >= 4 is 17.3 Å². The highest BCUT2D eigenvalue weighted by atomic mass is 35.5. The molecule has 82 valence electrons. The fourth-order valence-corrected chi connectivity index (χ4v) is 1.38. The Kier molecular flexibility index (Phi) is 3.27. The molecule has 0 amide bonds. The van der Waals surface area contributed by atoms with Gasteiger partial charge in [0, 0.05) is 16.8 Å². The Bertz CT molecular complexity index is 471. The molecule has 0 spiro atoms. The molecule has 0 aliphatic heterocycles. The highest BCUT2D eigenvalue weighted by Crippen LogP contribution is 2.18. The maximum atomic E-state index is 5.77. The summed E-state index contributed by atoms with van der Waals surface area (Å²) in [5.41, 5.74) is 7.30. The lowest BCUT2D eigenvalue weighted by atomic mass is 10.2. The Balaban J connectivity index is 2.02. The summed E-state index contributed by atoms with van der Waals surface area (Å²) in [6.07, 6.45) is 3.30. The zero-order chi connectivity index (χ0) is 11.4. The van der Waals surface area contributed by atoms with Crippen LogP contribution in [-0.4, -0.2) is 4.98 Å². The molecule has 2 rings (SSSR count). The largest absolute Gasteiger partial charge is 0.489 e. The highest BCUT2D eigenvalue weighted by molar-refractivity contribution is 6.30. The summed E-state index contributed by atoms with van der Waals surface area (Å²) >= 11 is 5.77. The normalized spacial score (nSPS) is 10.1. The van der Waals surface area contributed by atoms with Crippen LogP contribution in [0.1, 0.15) is 5.56 Å². The monoisotopic (exact) mass is 234 g/mol. The van der Waals surface area contributed by atoms with Crippen LogP contribution in [0.2, 0.25) is 5.02 Å². The average Bonchev–Trinajstić information content (AvgIpc) is 2.30. The Morgan fingerprint density at radius 3 is 2.62 bits per heavy atom. The van der Waals surface area contributed by atoms with Gasteiger partial charge in [-0.1, -0.05) is 11.6 Å². The number of nitrogen functional groups attached to an aromatic ring is 1. The van der Waals surface area contributed by atoms with E-state index in [0.717, 1.165) is 11.3 Å². The molecule has 0 saturated carbocycles. The minimum atomic E-state index is 0.427. The molecule has 0 fully saturated rings. The maximum Gasteiger partial charge on any atom is 0.119 e. The fourth-order valence-electron chi connectivity index (χ4n) is 1.26. The average molecular weight is 235 g/mol. The smallest absolute Gasteiger partial charge is 0.119 e. The zero-order valence-electron chi connectivity index (χ0n) is 8.56. The van der Waals surface area contributed by atoms with Crippen molar-refractivity contribution in [3.05, 3.63) is 53.3 Å². The second-order valence-electron chi connectivity index (χ2n) is 3.32. The number of aromatic nitrogens is 1. The van der Waals surface area contributed by atoms with E-state index in [0.29, 0.717) is 17.3 Å². The Labute approximate surface area is 98.8 Å². The standard InChI is InChI=1S/C12H11ClN2O/c13-10-1-3-11(4-2-10)16-8-9-5-6-15-7-12(9)14/h1-7H,8,14H2. The van der Waals surface area contributed by atoms with Gasteiger partial charge in [0.1, 0.15) is 12.4 Å². The Hall–Kier alpha value is -1.74. The van der Waals surface area contributed by atoms with Crippen LogP contribution in [0.3, 0.4) is 0 Å². The first-order chi connectivity index (χ1) is 7.75. The first-order valence-corrected chi connectivity index (χ1v) is 5.20. The number of hydrogen-bond acceptors (Lipinski definition) is 3. The third-order valence-corrected chi connectivity index (χ3v) is 2.41. The number of nitrogens with two attached hydrogens (primary N) is 1. The van der Waals surface area contributed by atoms with Crippen LogP contribution in [0.5, 0.6) is 5.75 Å². The molecule has 0 radical (unpaired) electrons. The van der Waals surface area contributed by atoms with Crippen LogP contribution in [0.4, 0.5) is 5.69 Å². The number of hydrogen-bond donors (Lipinski definition) is 1. The van der Waals surface area contributed by atoms with E-state index < -0.39 is 0 Å². The molecule has 3 nitrogen and oxygen atoms in total. The van der Waals surface area contributed by atoms with Gasteiger partial charge in [-0.3, -0.25) is 4.98 Å². The van der Waals surface area contributed by atoms with E-state index in [9.17, 15) is 0 Å². The van der Waals surface area contributed by atoms with Crippen molar-refractivity contribution in [2.45, 2.75) is 6.61 Å². The van der Waals surface area contributed by atoms with E-state index in [2.05, 4.69) is 4.98 Å². The molecule has 2 aromatic rings. The van der Waals surface area contributed by atoms with E-state index in [1.165, 1.54) is 0 Å². The van der Waals surface area contributed by atoms with Gasteiger partial charge in [0.2, 0.25) is 0 Å². The fraction of sp³-hybridized carbons (Fsp3) is 0.0833. The van der Waals surface area contributed by atoms with Gasteiger partial charge in [-0.05, 0) is 30.3 Å². The summed E-state index contributed by atoms with van der Waals surface area (Å²) in [5.74, 6) is 0.764. The van der Waals surface area contributed by atoms with E-state index in [4.69, 9.17) is 22.1 Å². The first kappa shape index (κ1) is 10.8. The third-order valence-electron chi connectivity index (χ3n) is 2.15. The van der Waals surface area contributed by atoms with Gasteiger partial charge in [-0.25, -0.2) is 0 Å². The lowest BCUT2D eigenvalue weighted by molar-refractivity contribution is 0.307. The van der Waals surface area contributed by atoms with E-state index in [-0.39, 0.29) is 0 Å². The van der Waals surface area contributed by atoms with Crippen molar-refractivity contribution in [3.8, 4) is 5.75 Å². The van der Waals surface area contributed by atoms with Gasteiger partial charge >= 0.3 is 0 Å². The molecular weight excluding hydrogens is 224 g/mol. The number of ether oxygens (including phenoxy) is 1. The number of nitrogens with zero attached hydrogens (tertiary/aromatic N) is 1. The molecule has 16 heavy (non-hydrogen) atoms.